The summed E-state index contributed by atoms with van der Waals surface area (Å²) in [7, 11) is 0. The summed E-state index contributed by atoms with van der Waals surface area (Å²) in [4.78, 5) is 11.2. The van der Waals surface area contributed by atoms with Gasteiger partial charge in [0.1, 0.15) is 5.82 Å². The van der Waals surface area contributed by atoms with Crippen LogP contribution in [0.1, 0.15) is 48.8 Å². The first-order valence-electron chi connectivity index (χ1n) is 11.4. The summed E-state index contributed by atoms with van der Waals surface area (Å²) < 4.78 is 48.9. The highest BCUT2D eigenvalue weighted by molar-refractivity contribution is 5.36. The smallest absolute Gasteiger partial charge is 0.324 e. The molecule has 2 aliphatic heterocycles. The first-order valence-corrected chi connectivity index (χ1v) is 11.4. The summed E-state index contributed by atoms with van der Waals surface area (Å²) in [5.41, 5.74) is 0.122. The minimum absolute atomic E-state index is 0.122. The van der Waals surface area contributed by atoms with Crippen molar-refractivity contribution in [2.75, 3.05) is 23.3 Å². The molecule has 4 atom stereocenters. The van der Waals surface area contributed by atoms with Crippen molar-refractivity contribution in [3.63, 3.8) is 0 Å². The number of fused-ring (bicyclic) bond motifs is 3. The van der Waals surface area contributed by atoms with E-state index in [0.29, 0.717) is 48.4 Å². The van der Waals surface area contributed by atoms with Crippen LogP contribution in [0, 0.1) is 36.2 Å². The zero-order chi connectivity index (χ0) is 22.7. The Kier molecular flexibility index (Phi) is 4.81. The average molecular weight is 459 g/mol. The minimum Gasteiger partial charge on any atom is -0.350 e. The number of aryl methyl sites for hydroxylation is 2. The number of rotatable bonds is 4. The van der Waals surface area contributed by atoms with E-state index in [0.717, 1.165) is 38.4 Å². The van der Waals surface area contributed by atoms with Gasteiger partial charge in [-0.05, 0) is 50.5 Å². The summed E-state index contributed by atoms with van der Waals surface area (Å²) in [6.07, 6.45) is 3.53. The summed E-state index contributed by atoms with van der Waals surface area (Å²) in [6, 6.07) is 3.06. The van der Waals surface area contributed by atoms with Crippen molar-refractivity contribution in [1.82, 2.24) is 24.9 Å². The maximum absolute atomic E-state index is 14.5. The highest BCUT2D eigenvalue weighted by atomic mass is 19.2. The predicted octanol–water partition coefficient (Wildman–Crippen LogP) is 3.64. The number of nitrogens with one attached hydrogen (secondary N) is 1. The molecule has 0 radical (unpaired) electrons. The van der Waals surface area contributed by atoms with Crippen molar-refractivity contribution in [1.29, 1.82) is 0 Å². The van der Waals surface area contributed by atoms with Crippen LogP contribution in [0.4, 0.5) is 25.1 Å². The van der Waals surface area contributed by atoms with Crippen molar-refractivity contribution in [2.24, 2.45) is 11.8 Å². The Labute approximate surface area is 188 Å². The van der Waals surface area contributed by atoms with Crippen molar-refractivity contribution >= 4 is 12.0 Å². The first kappa shape index (κ1) is 20.5. The molecule has 11 heteroatoms. The minimum atomic E-state index is -1.44. The SMILES string of the molecule is Cc1noc(N2C[C@H]3CC[C@@H](C2)[C@@H]3Nc2nc3n(n2)CCCC3c2ccc(F)c(F)c2F)n1. The highest BCUT2D eigenvalue weighted by Gasteiger charge is 2.44. The fraction of sp³-hybridized carbons (Fsp3) is 0.545. The molecule has 1 saturated carbocycles. The van der Waals surface area contributed by atoms with Gasteiger partial charge in [0, 0.05) is 37.2 Å². The van der Waals surface area contributed by atoms with E-state index in [1.54, 1.807) is 4.68 Å². The quantitative estimate of drug-likeness (QED) is 0.597. The molecule has 3 aromatic rings. The van der Waals surface area contributed by atoms with Crippen LogP contribution in [0.15, 0.2) is 16.7 Å². The van der Waals surface area contributed by atoms with Gasteiger partial charge in [-0.1, -0.05) is 11.2 Å². The Morgan fingerprint density at radius 1 is 1.03 bits per heavy atom. The lowest BCUT2D eigenvalue weighted by Gasteiger charge is -2.37. The second-order valence-corrected chi connectivity index (χ2v) is 9.27. The van der Waals surface area contributed by atoms with Gasteiger partial charge in [0.25, 0.3) is 0 Å². The number of halogens is 3. The third kappa shape index (κ3) is 3.44. The van der Waals surface area contributed by atoms with Gasteiger partial charge in [0.05, 0.1) is 0 Å². The largest absolute Gasteiger partial charge is 0.350 e. The topological polar surface area (TPSA) is 84.9 Å². The molecular weight excluding hydrogens is 435 g/mol. The first-order chi connectivity index (χ1) is 16.0. The second kappa shape index (κ2) is 7.74. The fourth-order valence-corrected chi connectivity index (χ4v) is 5.69. The van der Waals surface area contributed by atoms with Gasteiger partial charge in [-0.3, -0.25) is 0 Å². The van der Waals surface area contributed by atoms with Crippen molar-refractivity contribution in [3.05, 3.63) is 46.8 Å². The molecule has 4 heterocycles. The van der Waals surface area contributed by atoms with Gasteiger partial charge in [0.2, 0.25) is 5.95 Å². The normalized spacial score (nSPS) is 26.5. The maximum Gasteiger partial charge on any atom is 0.324 e. The van der Waals surface area contributed by atoms with Gasteiger partial charge in [-0.25, -0.2) is 17.9 Å². The molecule has 0 amide bonds. The van der Waals surface area contributed by atoms with E-state index in [-0.39, 0.29) is 11.6 Å². The number of nitrogens with zero attached hydrogens (tertiary/aromatic N) is 6. The Morgan fingerprint density at radius 3 is 2.55 bits per heavy atom. The van der Waals surface area contributed by atoms with Crippen LogP contribution in [0.3, 0.4) is 0 Å². The van der Waals surface area contributed by atoms with E-state index < -0.39 is 23.4 Å². The summed E-state index contributed by atoms with van der Waals surface area (Å²) in [5.74, 6) is -1.76. The lowest BCUT2D eigenvalue weighted by Crippen LogP contribution is -2.48. The van der Waals surface area contributed by atoms with Crippen LogP contribution in [0.5, 0.6) is 0 Å². The number of benzene rings is 1. The molecule has 3 aliphatic rings. The van der Waals surface area contributed by atoms with Gasteiger partial charge in [-0.2, -0.15) is 9.97 Å². The molecule has 1 unspecified atom stereocenters. The molecular formula is C22H24F3N7O. The van der Waals surface area contributed by atoms with E-state index in [4.69, 9.17) is 4.52 Å². The van der Waals surface area contributed by atoms with E-state index in [2.05, 4.69) is 30.4 Å². The lowest BCUT2D eigenvalue weighted by atomic mass is 9.90. The Morgan fingerprint density at radius 2 is 1.82 bits per heavy atom. The third-order valence-electron chi connectivity index (χ3n) is 7.23. The molecule has 2 bridgehead atoms. The van der Waals surface area contributed by atoms with Crippen LogP contribution in [-0.4, -0.2) is 44.0 Å². The monoisotopic (exact) mass is 459 g/mol. The second-order valence-electron chi connectivity index (χ2n) is 9.27. The molecule has 8 nitrogen and oxygen atoms in total. The van der Waals surface area contributed by atoms with E-state index in [9.17, 15) is 13.2 Å². The molecule has 2 aromatic heterocycles. The zero-order valence-electron chi connectivity index (χ0n) is 18.1. The molecule has 6 rings (SSSR count). The number of hydrogen-bond acceptors (Lipinski definition) is 7. The van der Waals surface area contributed by atoms with E-state index in [1.807, 2.05) is 6.92 Å². The molecule has 174 valence electrons. The standard InChI is InChI=1S/C22H24F3N7O/c1-11-26-22(33-30-11)31-9-12-4-5-13(10-31)19(12)27-21-28-20-15(3-2-8-32(20)29-21)14-6-7-16(23)18(25)17(14)24/h6-7,12-13,15,19H,2-5,8-10H2,1H3,(H,27,29)/t12-,13+,15?,19-. The zero-order valence-corrected chi connectivity index (χ0v) is 18.1. The molecule has 1 N–H and O–H groups in total. The van der Waals surface area contributed by atoms with E-state index in [1.165, 1.54) is 6.07 Å². The summed E-state index contributed by atoms with van der Waals surface area (Å²) in [6.45, 7) is 4.09. The van der Waals surface area contributed by atoms with Crippen LogP contribution in [0.2, 0.25) is 0 Å². The van der Waals surface area contributed by atoms with Crippen LogP contribution in [0.25, 0.3) is 0 Å². The van der Waals surface area contributed by atoms with Gasteiger partial charge in [0.15, 0.2) is 23.3 Å². The Balaban J connectivity index is 1.22. The van der Waals surface area contributed by atoms with Crippen LogP contribution < -0.4 is 10.2 Å². The number of hydrogen-bond donors (Lipinski definition) is 1. The number of piperidine rings is 1. The molecule has 1 saturated heterocycles. The van der Waals surface area contributed by atoms with Crippen LogP contribution >= 0.6 is 0 Å². The predicted molar refractivity (Wildman–Crippen MR) is 112 cm³/mol. The summed E-state index contributed by atoms with van der Waals surface area (Å²) in [5, 5.41) is 12.0. The van der Waals surface area contributed by atoms with Crippen LogP contribution in [-0.2, 0) is 6.54 Å². The van der Waals surface area contributed by atoms with Gasteiger partial charge < -0.3 is 14.7 Å². The van der Waals surface area contributed by atoms with Crippen molar-refractivity contribution < 1.29 is 17.7 Å². The molecule has 1 aliphatic carbocycles. The van der Waals surface area contributed by atoms with Crippen molar-refractivity contribution in [3.8, 4) is 0 Å². The van der Waals surface area contributed by atoms with Gasteiger partial charge >= 0.3 is 6.01 Å². The van der Waals surface area contributed by atoms with Gasteiger partial charge in [-0.15, -0.1) is 5.10 Å². The highest BCUT2D eigenvalue weighted by Crippen LogP contribution is 2.40. The molecule has 1 aromatic carbocycles. The average Bonchev–Trinajstić information content (AvgIpc) is 3.48. The summed E-state index contributed by atoms with van der Waals surface area (Å²) >= 11 is 0. The van der Waals surface area contributed by atoms with Crippen molar-refractivity contribution in [2.45, 2.75) is 51.1 Å². The number of anilines is 2. The number of aromatic nitrogens is 5. The molecule has 2 fully saturated rings. The van der Waals surface area contributed by atoms with E-state index >= 15 is 0 Å². The Hall–Kier alpha value is -3.11. The Bertz CT molecular complexity index is 1180. The third-order valence-corrected chi connectivity index (χ3v) is 7.23. The molecule has 33 heavy (non-hydrogen) atoms. The molecule has 0 spiro atoms. The maximum atomic E-state index is 14.5. The fourth-order valence-electron chi connectivity index (χ4n) is 5.69. The lowest BCUT2D eigenvalue weighted by molar-refractivity contribution is 0.340.